The first-order chi connectivity index (χ1) is 11.8. The maximum atomic E-state index is 12.6. The molecule has 1 aromatic heterocycles. The van der Waals surface area contributed by atoms with Crippen molar-refractivity contribution >= 4 is 10.0 Å². The van der Waals surface area contributed by atoms with Crippen molar-refractivity contribution in [2.75, 3.05) is 13.1 Å². The summed E-state index contributed by atoms with van der Waals surface area (Å²) < 4.78 is 69.8. The van der Waals surface area contributed by atoms with Crippen molar-refractivity contribution in [1.82, 2.24) is 9.29 Å². The first kappa shape index (κ1) is 17.7. The molecule has 5 nitrogen and oxygen atoms in total. The highest BCUT2D eigenvalue weighted by Crippen LogP contribution is 2.31. The van der Waals surface area contributed by atoms with E-state index in [1.54, 1.807) is 24.4 Å². The third-order valence-electron chi connectivity index (χ3n) is 3.85. The van der Waals surface area contributed by atoms with Gasteiger partial charge in [0.05, 0.1) is 17.0 Å². The fraction of sp³-hybridized carbons (Fsp3) is 0.312. The highest BCUT2D eigenvalue weighted by molar-refractivity contribution is 7.89. The summed E-state index contributed by atoms with van der Waals surface area (Å²) in [6, 6.07) is 8.66. The summed E-state index contributed by atoms with van der Waals surface area (Å²) in [5, 5.41) is 0. The molecule has 0 saturated carbocycles. The molecule has 0 aliphatic carbocycles. The summed E-state index contributed by atoms with van der Waals surface area (Å²) >= 11 is 0. The van der Waals surface area contributed by atoms with Crippen molar-refractivity contribution in [1.29, 1.82) is 0 Å². The molecule has 2 aromatic rings. The molecule has 1 aliphatic heterocycles. The zero-order valence-electron chi connectivity index (χ0n) is 13.0. The first-order valence-electron chi connectivity index (χ1n) is 7.52. The zero-order chi connectivity index (χ0) is 18.1. The fourth-order valence-electron chi connectivity index (χ4n) is 2.56. The summed E-state index contributed by atoms with van der Waals surface area (Å²) in [4.78, 5) is 3.86. The van der Waals surface area contributed by atoms with Gasteiger partial charge in [-0.1, -0.05) is 6.07 Å². The van der Waals surface area contributed by atoms with Crippen LogP contribution in [0.2, 0.25) is 0 Å². The summed E-state index contributed by atoms with van der Waals surface area (Å²) in [7, 11) is -3.86. The van der Waals surface area contributed by atoms with Gasteiger partial charge < -0.3 is 4.74 Å². The SMILES string of the molecule is O=S(=O)(c1ccc(C(F)(F)F)cc1)N1CCC(Oc2ccccn2)C1. The Hall–Kier alpha value is -2.13. The lowest BCUT2D eigenvalue weighted by Crippen LogP contribution is -2.31. The molecule has 3 rings (SSSR count). The molecule has 0 amide bonds. The van der Waals surface area contributed by atoms with E-state index in [0.717, 1.165) is 24.3 Å². The first-order valence-corrected chi connectivity index (χ1v) is 8.96. The number of alkyl halides is 3. The van der Waals surface area contributed by atoms with Crippen molar-refractivity contribution < 1.29 is 26.3 Å². The Morgan fingerprint density at radius 2 is 1.84 bits per heavy atom. The van der Waals surface area contributed by atoms with Crippen molar-refractivity contribution in [3.63, 3.8) is 0 Å². The van der Waals surface area contributed by atoms with Gasteiger partial charge >= 0.3 is 6.18 Å². The van der Waals surface area contributed by atoms with Crippen LogP contribution >= 0.6 is 0 Å². The van der Waals surface area contributed by atoms with Gasteiger partial charge in [-0.15, -0.1) is 0 Å². The van der Waals surface area contributed by atoms with E-state index in [-0.39, 0.29) is 24.1 Å². The average molecular weight is 372 g/mol. The predicted molar refractivity (Wildman–Crippen MR) is 83.5 cm³/mol. The minimum absolute atomic E-state index is 0.125. The van der Waals surface area contributed by atoms with E-state index in [2.05, 4.69) is 4.98 Å². The van der Waals surface area contributed by atoms with Crippen LogP contribution in [0.4, 0.5) is 13.2 Å². The number of rotatable bonds is 4. The third kappa shape index (κ3) is 3.93. The Kier molecular flexibility index (Phi) is 4.70. The highest BCUT2D eigenvalue weighted by atomic mass is 32.2. The van der Waals surface area contributed by atoms with E-state index in [1.165, 1.54) is 4.31 Å². The maximum Gasteiger partial charge on any atom is 0.416 e. The van der Waals surface area contributed by atoms with Crippen LogP contribution in [0.25, 0.3) is 0 Å². The van der Waals surface area contributed by atoms with Gasteiger partial charge in [-0.3, -0.25) is 0 Å². The Balaban J connectivity index is 1.71. The molecular weight excluding hydrogens is 357 g/mol. The quantitative estimate of drug-likeness (QED) is 0.828. The Morgan fingerprint density at radius 1 is 1.12 bits per heavy atom. The predicted octanol–water partition coefficient (Wildman–Crippen LogP) is 2.94. The molecule has 1 aliphatic rings. The molecule has 0 N–H and O–H groups in total. The number of aromatic nitrogens is 1. The lowest BCUT2D eigenvalue weighted by Gasteiger charge is -2.17. The monoisotopic (exact) mass is 372 g/mol. The van der Waals surface area contributed by atoms with Gasteiger partial charge in [-0.05, 0) is 36.8 Å². The van der Waals surface area contributed by atoms with E-state index >= 15 is 0 Å². The Morgan fingerprint density at radius 3 is 2.44 bits per heavy atom. The smallest absolute Gasteiger partial charge is 0.416 e. The van der Waals surface area contributed by atoms with Gasteiger partial charge in [0, 0.05) is 18.8 Å². The standard InChI is InChI=1S/C16H15F3N2O3S/c17-16(18,19)12-4-6-14(7-5-12)25(22,23)21-10-8-13(11-21)24-15-3-1-2-9-20-15/h1-7,9,13H,8,10-11H2. The molecule has 25 heavy (non-hydrogen) atoms. The van der Waals surface area contributed by atoms with Gasteiger partial charge in [-0.2, -0.15) is 17.5 Å². The number of ether oxygens (including phenoxy) is 1. The number of pyridine rings is 1. The number of sulfonamides is 1. The normalized spacial score (nSPS) is 19.1. The van der Waals surface area contributed by atoms with E-state index in [9.17, 15) is 21.6 Å². The van der Waals surface area contributed by atoms with E-state index in [1.807, 2.05) is 0 Å². The molecule has 1 saturated heterocycles. The summed E-state index contributed by atoms with van der Waals surface area (Å²) in [5.41, 5.74) is -0.885. The van der Waals surface area contributed by atoms with Gasteiger partial charge in [0.1, 0.15) is 6.10 Å². The molecule has 0 bridgehead atoms. The molecule has 1 aromatic carbocycles. The highest BCUT2D eigenvalue weighted by Gasteiger charge is 2.35. The number of halogens is 3. The Labute approximate surface area is 143 Å². The minimum atomic E-state index is -4.50. The van der Waals surface area contributed by atoms with Crippen LogP contribution in [0, 0.1) is 0 Å². The second-order valence-corrected chi connectivity index (χ2v) is 7.52. The average Bonchev–Trinajstić information content (AvgIpc) is 3.04. The molecule has 1 fully saturated rings. The summed E-state index contributed by atoms with van der Waals surface area (Å²) in [6.07, 6.45) is -2.80. The van der Waals surface area contributed by atoms with Crippen LogP contribution in [-0.2, 0) is 16.2 Å². The largest absolute Gasteiger partial charge is 0.473 e. The lowest BCUT2D eigenvalue weighted by molar-refractivity contribution is -0.137. The molecule has 2 heterocycles. The van der Waals surface area contributed by atoms with Crippen LogP contribution < -0.4 is 4.74 Å². The van der Waals surface area contributed by atoms with Crippen LogP contribution in [0.1, 0.15) is 12.0 Å². The molecule has 1 unspecified atom stereocenters. The topological polar surface area (TPSA) is 59.5 Å². The van der Waals surface area contributed by atoms with Crippen molar-refractivity contribution in [2.45, 2.75) is 23.6 Å². The van der Waals surface area contributed by atoms with E-state index < -0.39 is 21.8 Å². The Bertz CT molecular complexity index is 824. The fourth-order valence-corrected chi connectivity index (χ4v) is 4.05. The molecule has 9 heteroatoms. The van der Waals surface area contributed by atoms with Gasteiger partial charge in [0.2, 0.25) is 15.9 Å². The van der Waals surface area contributed by atoms with Gasteiger partial charge in [0.15, 0.2) is 0 Å². The van der Waals surface area contributed by atoms with Crippen molar-refractivity contribution in [3.05, 3.63) is 54.2 Å². The van der Waals surface area contributed by atoms with Crippen molar-refractivity contribution in [3.8, 4) is 5.88 Å². The molecule has 0 radical (unpaired) electrons. The van der Waals surface area contributed by atoms with Gasteiger partial charge in [0.25, 0.3) is 0 Å². The number of nitrogens with zero attached hydrogens (tertiary/aromatic N) is 2. The van der Waals surface area contributed by atoms with Crippen LogP contribution in [0.15, 0.2) is 53.6 Å². The van der Waals surface area contributed by atoms with Crippen molar-refractivity contribution in [2.24, 2.45) is 0 Å². The maximum absolute atomic E-state index is 12.6. The number of hydrogen-bond acceptors (Lipinski definition) is 4. The van der Waals surface area contributed by atoms with E-state index in [0.29, 0.717) is 12.3 Å². The van der Waals surface area contributed by atoms with Gasteiger partial charge in [-0.25, -0.2) is 13.4 Å². The summed E-state index contributed by atoms with van der Waals surface area (Å²) in [5.74, 6) is 0.404. The number of hydrogen-bond donors (Lipinski definition) is 0. The van der Waals surface area contributed by atoms with Crippen LogP contribution in [0.3, 0.4) is 0 Å². The third-order valence-corrected chi connectivity index (χ3v) is 5.73. The molecular formula is C16H15F3N2O3S. The minimum Gasteiger partial charge on any atom is -0.473 e. The lowest BCUT2D eigenvalue weighted by atomic mass is 10.2. The van der Waals surface area contributed by atoms with E-state index in [4.69, 9.17) is 4.74 Å². The molecule has 1 atom stereocenters. The number of benzene rings is 1. The summed E-state index contributed by atoms with van der Waals surface area (Å²) in [6.45, 7) is 0.362. The second kappa shape index (κ2) is 6.64. The molecule has 134 valence electrons. The zero-order valence-corrected chi connectivity index (χ0v) is 13.8. The molecule has 0 spiro atoms. The van der Waals surface area contributed by atoms with Crippen LogP contribution in [0.5, 0.6) is 5.88 Å². The van der Waals surface area contributed by atoms with Crippen LogP contribution in [-0.4, -0.2) is 36.9 Å². The second-order valence-electron chi connectivity index (χ2n) is 5.58.